The molecule has 2 aromatic rings. The van der Waals surface area contributed by atoms with Gasteiger partial charge in [-0.1, -0.05) is 29.3 Å². The summed E-state index contributed by atoms with van der Waals surface area (Å²) < 4.78 is 4.64. The second-order valence-corrected chi connectivity index (χ2v) is 5.57. The van der Waals surface area contributed by atoms with E-state index in [4.69, 9.17) is 23.2 Å². The van der Waals surface area contributed by atoms with Crippen LogP contribution in [0.3, 0.4) is 0 Å². The highest BCUT2D eigenvalue weighted by atomic mass is 35.5. The topological polar surface area (TPSA) is 67.4 Å². The van der Waals surface area contributed by atoms with Crippen molar-refractivity contribution < 1.29 is 14.3 Å². The van der Waals surface area contributed by atoms with E-state index in [0.717, 1.165) is 5.56 Å². The van der Waals surface area contributed by atoms with Crippen molar-refractivity contribution in [3.63, 3.8) is 0 Å². The monoisotopic (exact) mass is 352 g/mol. The molecule has 2 N–H and O–H groups in total. The molecule has 0 atom stereocenters. The summed E-state index contributed by atoms with van der Waals surface area (Å²) in [7, 11) is 1.28. The summed E-state index contributed by atoms with van der Waals surface area (Å²) in [5, 5.41) is 6.08. The molecule has 0 heterocycles. The first-order valence-electron chi connectivity index (χ1n) is 6.62. The summed E-state index contributed by atoms with van der Waals surface area (Å²) >= 11 is 11.9. The van der Waals surface area contributed by atoms with Crippen molar-refractivity contribution in [3.8, 4) is 0 Å². The number of carbonyl (C=O) groups is 2. The predicted octanol–water partition coefficient (Wildman–Crippen LogP) is 4.73. The van der Waals surface area contributed by atoms with Crippen molar-refractivity contribution in [2.45, 2.75) is 6.92 Å². The summed E-state index contributed by atoms with van der Waals surface area (Å²) in [6.45, 7) is 1.84. The fourth-order valence-electron chi connectivity index (χ4n) is 1.87. The van der Waals surface area contributed by atoms with Crippen LogP contribution in [-0.4, -0.2) is 19.1 Å². The molecular formula is C16H14Cl2N2O3. The molecule has 0 aromatic heterocycles. The number of nitrogens with one attached hydrogen (secondary N) is 2. The number of urea groups is 1. The molecule has 0 unspecified atom stereocenters. The molecule has 0 fully saturated rings. The zero-order chi connectivity index (χ0) is 17.0. The Balaban J connectivity index is 2.17. The first kappa shape index (κ1) is 17.1. The van der Waals surface area contributed by atoms with E-state index in [0.29, 0.717) is 21.4 Å². The molecule has 2 aromatic carbocycles. The molecule has 0 spiro atoms. The normalized spacial score (nSPS) is 10.1. The highest BCUT2D eigenvalue weighted by molar-refractivity contribution is 6.34. The molecule has 2 amide bonds. The fraction of sp³-hybridized carbons (Fsp3) is 0.125. The lowest BCUT2D eigenvalue weighted by molar-refractivity contribution is 0.0600. The van der Waals surface area contributed by atoms with E-state index in [9.17, 15) is 9.59 Å². The van der Waals surface area contributed by atoms with Gasteiger partial charge in [0.15, 0.2) is 0 Å². The Morgan fingerprint density at radius 1 is 1.00 bits per heavy atom. The van der Waals surface area contributed by atoms with Crippen LogP contribution in [0.1, 0.15) is 15.9 Å². The van der Waals surface area contributed by atoms with Crippen molar-refractivity contribution in [3.05, 3.63) is 57.6 Å². The molecule has 0 aliphatic carbocycles. The van der Waals surface area contributed by atoms with Crippen LogP contribution in [0.25, 0.3) is 0 Å². The molecular weight excluding hydrogens is 339 g/mol. The molecule has 120 valence electrons. The molecule has 0 bridgehead atoms. The number of ether oxygens (including phenoxy) is 1. The average molecular weight is 353 g/mol. The number of halogens is 2. The van der Waals surface area contributed by atoms with E-state index >= 15 is 0 Å². The predicted molar refractivity (Wildman–Crippen MR) is 91.6 cm³/mol. The maximum Gasteiger partial charge on any atom is 0.337 e. The summed E-state index contributed by atoms with van der Waals surface area (Å²) in [6, 6.07) is 9.13. The molecule has 0 aliphatic heterocycles. The average Bonchev–Trinajstić information content (AvgIpc) is 2.52. The lowest BCUT2D eigenvalue weighted by atomic mass is 10.2. The van der Waals surface area contributed by atoms with Gasteiger partial charge >= 0.3 is 12.0 Å². The quantitative estimate of drug-likeness (QED) is 0.784. The summed E-state index contributed by atoms with van der Waals surface area (Å²) in [5.74, 6) is -0.518. The van der Waals surface area contributed by atoms with Crippen LogP contribution in [-0.2, 0) is 4.74 Å². The first-order valence-corrected chi connectivity index (χ1v) is 7.38. The standard InChI is InChI=1S/C16H14Cl2N2O3/c1-9-3-5-11(17)8-13(9)19-16(22)20-14-7-10(15(21)23-2)4-6-12(14)18/h3-8H,1-2H3,(H2,19,20,22). The van der Waals surface area contributed by atoms with Crippen LogP contribution in [0, 0.1) is 6.92 Å². The molecule has 0 saturated heterocycles. The number of aryl methyl sites for hydroxylation is 1. The van der Waals surface area contributed by atoms with Gasteiger partial charge in [-0.15, -0.1) is 0 Å². The highest BCUT2D eigenvalue weighted by Crippen LogP contribution is 2.25. The number of methoxy groups -OCH3 is 1. The van der Waals surface area contributed by atoms with Gasteiger partial charge in [0.2, 0.25) is 0 Å². The van der Waals surface area contributed by atoms with Gasteiger partial charge in [-0.2, -0.15) is 0 Å². The van der Waals surface area contributed by atoms with Crippen LogP contribution < -0.4 is 10.6 Å². The van der Waals surface area contributed by atoms with E-state index in [-0.39, 0.29) is 5.56 Å². The number of benzene rings is 2. The van der Waals surface area contributed by atoms with Crippen molar-refractivity contribution >= 4 is 46.6 Å². The van der Waals surface area contributed by atoms with Crippen molar-refractivity contribution in [2.24, 2.45) is 0 Å². The van der Waals surface area contributed by atoms with Gasteiger partial charge in [0, 0.05) is 10.7 Å². The largest absolute Gasteiger partial charge is 0.465 e. The molecule has 0 aliphatic rings. The van der Waals surface area contributed by atoms with Crippen LogP contribution in [0.15, 0.2) is 36.4 Å². The Morgan fingerprint density at radius 2 is 1.70 bits per heavy atom. The number of anilines is 2. The number of hydrogen-bond acceptors (Lipinski definition) is 3. The third-order valence-corrected chi connectivity index (χ3v) is 3.65. The smallest absolute Gasteiger partial charge is 0.337 e. The van der Waals surface area contributed by atoms with Crippen LogP contribution in [0.4, 0.5) is 16.2 Å². The Bertz CT molecular complexity index is 763. The minimum Gasteiger partial charge on any atom is -0.465 e. The molecule has 0 radical (unpaired) electrons. The number of hydrogen-bond donors (Lipinski definition) is 2. The van der Waals surface area contributed by atoms with Crippen molar-refractivity contribution in [1.82, 2.24) is 0 Å². The van der Waals surface area contributed by atoms with E-state index < -0.39 is 12.0 Å². The van der Waals surface area contributed by atoms with Crippen LogP contribution in [0.5, 0.6) is 0 Å². The van der Waals surface area contributed by atoms with Crippen LogP contribution in [0.2, 0.25) is 10.0 Å². The van der Waals surface area contributed by atoms with E-state index in [1.165, 1.54) is 25.3 Å². The summed E-state index contributed by atoms with van der Waals surface area (Å²) in [6.07, 6.45) is 0. The van der Waals surface area contributed by atoms with E-state index in [1.807, 2.05) is 6.92 Å². The van der Waals surface area contributed by atoms with Gasteiger partial charge in [-0.05, 0) is 42.8 Å². The Labute approximate surface area is 143 Å². The number of esters is 1. The van der Waals surface area contributed by atoms with Gasteiger partial charge in [-0.25, -0.2) is 9.59 Å². The van der Waals surface area contributed by atoms with Gasteiger partial charge in [0.25, 0.3) is 0 Å². The third kappa shape index (κ3) is 4.37. The lowest BCUT2D eigenvalue weighted by Gasteiger charge is -2.12. The highest BCUT2D eigenvalue weighted by Gasteiger charge is 2.12. The second-order valence-electron chi connectivity index (χ2n) is 4.72. The minimum atomic E-state index is -0.518. The van der Waals surface area contributed by atoms with Gasteiger partial charge < -0.3 is 15.4 Å². The maximum atomic E-state index is 12.1. The Hall–Kier alpha value is -2.24. The van der Waals surface area contributed by atoms with E-state index in [2.05, 4.69) is 15.4 Å². The minimum absolute atomic E-state index is 0.283. The number of amides is 2. The molecule has 7 heteroatoms. The summed E-state index contributed by atoms with van der Waals surface area (Å²) in [4.78, 5) is 23.6. The zero-order valence-corrected chi connectivity index (χ0v) is 14.0. The molecule has 2 rings (SSSR count). The molecule has 0 saturated carbocycles. The Morgan fingerprint density at radius 3 is 2.39 bits per heavy atom. The number of rotatable bonds is 3. The van der Waals surface area contributed by atoms with Gasteiger partial charge in [0.1, 0.15) is 0 Å². The fourth-order valence-corrected chi connectivity index (χ4v) is 2.21. The van der Waals surface area contributed by atoms with Crippen molar-refractivity contribution in [2.75, 3.05) is 17.7 Å². The zero-order valence-electron chi connectivity index (χ0n) is 12.4. The van der Waals surface area contributed by atoms with Crippen LogP contribution >= 0.6 is 23.2 Å². The SMILES string of the molecule is COC(=O)c1ccc(Cl)c(NC(=O)Nc2cc(Cl)ccc2C)c1. The Kier molecular flexibility index (Phi) is 5.47. The molecule has 5 nitrogen and oxygen atoms in total. The third-order valence-electron chi connectivity index (χ3n) is 3.08. The van der Waals surface area contributed by atoms with Crippen molar-refractivity contribution in [1.29, 1.82) is 0 Å². The van der Waals surface area contributed by atoms with Gasteiger partial charge in [-0.3, -0.25) is 0 Å². The lowest BCUT2D eigenvalue weighted by Crippen LogP contribution is -2.20. The first-order chi connectivity index (χ1) is 10.9. The second kappa shape index (κ2) is 7.35. The van der Waals surface area contributed by atoms with Gasteiger partial charge in [0.05, 0.1) is 23.4 Å². The maximum absolute atomic E-state index is 12.1. The van der Waals surface area contributed by atoms with E-state index in [1.54, 1.807) is 18.2 Å². The number of carbonyl (C=O) groups excluding carboxylic acids is 2. The summed E-state index contributed by atoms with van der Waals surface area (Å²) in [5.41, 5.74) is 2.02. The molecule has 23 heavy (non-hydrogen) atoms.